The first-order valence-electron chi connectivity index (χ1n) is 12.8. The van der Waals surface area contributed by atoms with Crippen molar-refractivity contribution in [2.24, 2.45) is 0 Å². The second-order valence-electron chi connectivity index (χ2n) is 8.81. The number of likely N-dealkylation sites (tertiary alicyclic amines) is 1. The summed E-state index contributed by atoms with van der Waals surface area (Å²) in [6.07, 6.45) is 0.713. The highest BCUT2D eigenvalue weighted by Gasteiger charge is 2.46. The van der Waals surface area contributed by atoms with Crippen LogP contribution in [-0.4, -0.2) is 66.0 Å². The summed E-state index contributed by atoms with van der Waals surface area (Å²) in [5.74, 6) is -0.301. The molecular weight excluding hydrogens is 456 g/mol. The Labute approximate surface area is 214 Å². The number of benzene rings is 2. The Balaban J connectivity index is 2.09. The maximum Gasteiger partial charge on any atom is 0.295 e. The largest absolute Gasteiger partial charge is 0.507 e. The van der Waals surface area contributed by atoms with Crippen LogP contribution in [0.5, 0.6) is 11.5 Å². The minimum absolute atomic E-state index is 0.0956. The number of aliphatic hydroxyl groups excluding tert-OH is 1. The van der Waals surface area contributed by atoms with E-state index in [0.717, 1.165) is 25.2 Å². The highest BCUT2D eigenvalue weighted by Crippen LogP contribution is 2.42. The maximum atomic E-state index is 13.3. The summed E-state index contributed by atoms with van der Waals surface area (Å²) in [6, 6.07) is 12.0. The summed E-state index contributed by atoms with van der Waals surface area (Å²) in [7, 11) is 0. The van der Waals surface area contributed by atoms with Gasteiger partial charge in [0, 0.05) is 12.1 Å². The lowest BCUT2D eigenvalue weighted by Gasteiger charge is -2.27. The van der Waals surface area contributed by atoms with E-state index in [1.807, 2.05) is 45.0 Å². The van der Waals surface area contributed by atoms with Gasteiger partial charge in [-0.1, -0.05) is 49.7 Å². The summed E-state index contributed by atoms with van der Waals surface area (Å²) in [5, 5.41) is 11.3. The van der Waals surface area contributed by atoms with Gasteiger partial charge in [-0.05, 0) is 64.5 Å². The number of carbonyl (C=O) groups excluding carboxylic acids is 2. The van der Waals surface area contributed by atoms with Gasteiger partial charge >= 0.3 is 0 Å². The normalized spacial score (nSPS) is 17.2. The van der Waals surface area contributed by atoms with E-state index in [1.165, 1.54) is 0 Å². The van der Waals surface area contributed by atoms with Gasteiger partial charge in [-0.25, -0.2) is 0 Å². The maximum absolute atomic E-state index is 13.3. The van der Waals surface area contributed by atoms with Gasteiger partial charge in [0.2, 0.25) is 0 Å². The van der Waals surface area contributed by atoms with Crippen LogP contribution in [-0.2, 0) is 9.59 Å². The second kappa shape index (κ2) is 12.6. The molecule has 1 amide bonds. The molecule has 1 N–H and O–H groups in total. The van der Waals surface area contributed by atoms with Crippen molar-refractivity contribution in [1.29, 1.82) is 0 Å². The second-order valence-corrected chi connectivity index (χ2v) is 8.81. The summed E-state index contributed by atoms with van der Waals surface area (Å²) < 4.78 is 11.5. The van der Waals surface area contributed by atoms with E-state index in [0.29, 0.717) is 48.8 Å². The van der Waals surface area contributed by atoms with E-state index in [2.05, 4.69) is 18.7 Å². The Kier molecular flexibility index (Phi) is 9.53. The van der Waals surface area contributed by atoms with Crippen molar-refractivity contribution in [2.45, 2.75) is 47.1 Å². The monoisotopic (exact) mass is 494 g/mol. The van der Waals surface area contributed by atoms with Gasteiger partial charge in [0.15, 0.2) is 11.5 Å². The number of hydrogen-bond donors (Lipinski definition) is 1. The van der Waals surface area contributed by atoms with Gasteiger partial charge in [-0.15, -0.1) is 0 Å². The number of Topliss-reactive ketones (excluding diaryl/α,β-unsaturated/α-hetero) is 1. The average Bonchev–Trinajstić information content (AvgIpc) is 3.13. The third kappa shape index (κ3) is 5.90. The molecule has 1 heterocycles. The molecule has 7 heteroatoms. The van der Waals surface area contributed by atoms with Gasteiger partial charge in [0.1, 0.15) is 5.76 Å². The fourth-order valence-corrected chi connectivity index (χ4v) is 4.57. The molecule has 0 saturated carbocycles. The van der Waals surface area contributed by atoms with Crippen molar-refractivity contribution in [3.05, 3.63) is 64.7 Å². The molecule has 7 nitrogen and oxygen atoms in total. The van der Waals surface area contributed by atoms with Gasteiger partial charge in [-0.2, -0.15) is 0 Å². The third-order valence-corrected chi connectivity index (χ3v) is 6.52. The van der Waals surface area contributed by atoms with Gasteiger partial charge in [0.05, 0.1) is 24.8 Å². The number of hydrogen-bond acceptors (Lipinski definition) is 6. The van der Waals surface area contributed by atoms with Crippen LogP contribution in [0, 0.1) is 6.92 Å². The highest BCUT2D eigenvalue weighted by atomic mass is 16.5. The summed E-state index contributed by atoms with van der Waals surface area (Å²) in [6.45, 7) is 13.9. The quantitative estimate of drug-likeness (QED) is 0.256. The van der Waals surface area contributed by atoms with E-state index in [4.69, 9.17) is 9.47 Å². The first-order chi connectivity index (χ1) is 17.4. The van der Waals surface area contributed by atoms with E-state index in [9.17, 15) is 14.7 Å². The molecule has 2 aromatic carbocycles. The Morgan fingerprint density at radius 2 is 1.58 bits per heavy atom. The van der Waals surface area contributed by atoms with Crippen molar-refractivity contribution in [2.75, 3.05) is 39.4 Å². The van der Waals surface area contributed by atoms with Gasteiger partial charge < -0.3 is 24.4 Å². The fourth-order valence-electron chi connectivity index (χ4n) is 4.57. The average molecular weight is 495 g/mol. The molecule has 2 aromatic rings. The van der Waals surface area contributed by atoms with Gasteiger partial charge in [-0.3, -0.25) is 9.59 Å². The zero-order valence-electron chi connectivity index (χ0n) is 22.0. The molecule has 0 radical (unpaired) electrons. The highest BCUT2D eigenvalue weighted by molar-refractivity contribution is 6.46. The number of rotatable bonds is 12. The smallest absolute Gasteiger partial charge is 0.295 e. The molecule has 1 aliphatic rings. The van der Waals surface area contributed by atoms with Crippen molar-refractivity contribution < 1.29 is 24.2 Å². The number of amides is 1. The SMILES string of the molecule is CCOc1ccc(C2/C(=C(\O)c3ccc(C)cc3)C(=O)C(=O)N2CCCN(CC)CC)cc1OCC. The fraction of sp³-hybridized carbons (Fsp3) is 0.448. The zero-order valence-corrected chi connectivity index (χ0v) is 22.0. The predicted molar refractivity (Wildman–Crippen MR) is 141 cm³/mol. The summed E-state index contributed by atoms with van der Waals surface area (Å²) >= 11 is 0. The number of nitrogens with zero attached hydrogens (tertiary/aromatic N) is 2. The van der Waals surface area contributed by atoms with E-state index < -0.39 is 17.7 Å². The number of aryl methyl sites for hydroxylation is 1. The van der Waals surface area contributed by atoms with Crippen molar-refractivity contribution in [3.63, 3.8) is 0 Å². The van der Waals surface area contributed by atoms with Crippen LogP contribution >= 0.6 is 0 Å². The lowest BCUT2D eigenvalue weighted by Crippen LogP contribution is -2.33. The number of ether oxygens (including phenoxy) is 2. The van der Waals surface area contributed by atoms with E-state index in [-0.39, 0.29) is 11.3 Å². The van der Waals surface area contributed by atoms with Crippen LogP contribution < -0.4 is 9.47 Å². The molecule has 0 bridgehead atoms. The third-order valence-electron chi connectivity index (χ3n) is 6.52. The van der Waals surface area contributed by atoms with E-state index >= 15 is 0 Å². The van der Waals surface area contributed by atoms with Crippen LogP contribution in [0.25, 0.3) is 5.76 Å². The van der Waals surface area contributed by atoms with Crippen molar-refractivity contribution >= 4 is 17.4 Å². The predicted octanol–water partition coefficient (Wildman–Crippen LogP) is 4.95. The molecular formula is C29H38N2O5. The molecule has 1 atom stereocenters. The zero-order chi connectivity index (χ0) is 26.2. The van der Waals surface area contributed by atoms with Crippen molar-refractivity contribution in [1.82, 2.24) is 9.80 Å². The van der Waals surface area contributed by atoms with Crippen LogP contribution in [0.1, 0.15) is 56.8 Å². The van der Waals surface area contributed by atoms with E-state index in [1.54, 1.807) is 23.1 Å². The summed E-state index contributed by atoms with van der Waals surface area (Å²) in [5.41, 5.74) is 2.33. The van der Waals surface area contributed by atoms with Crippen molar-refractivity contribution in [3.8, 4) is 11.5 Å². The molecule has 36 heavy (non-hydrogen) atoms. The van der Waals surface area contributed by atoms with Crippen LogP contribution in [0.4, 0.5) is 0 Å². The Morgan fingerprint density at radius 3 is 2.19 bits per heavy atom. The molecule has 1 aliphatic heterocycles. The number of carbonyl (C=O) groups is 2. The molecule has 194 valence electrons. The van der Waals surface area contributed by atoms with Gasteiger partial charge in [0.25, 0.3) is 11.7 Å². The van der Waals surface area contributed by atoms with Crippen LogP contribution in [0.3, 0.4) is 0 Å². The Bertz CT molecular complexity index is 1090. The molecule has 1 unspecified atom stereocenters. The first-order valence-corrected chi connectivity index (χ1v) is 12.8. The lowest BCUT2D eigenvalue weighted by molar-refractivity contribution is -0.140. The lowest BCUT2D eigenvalue weighted by atomic mass is 9.94. The molecule has 0 spiro atoms. The number of ketones is 1. The first kappa shape index (κ1) is 27.3. The molecule has 0 aliphatic carbocycles. The Morgan fingerprint density at radius 1 is 0.944 bits per heavy atom. The Hall–Kier alpha value is -3.32. The van der Waals surface area contributed by atoms with Crippen LogP contribution in [0.15, 0.2) is 48.0 Å². The topological polar surface area (TPSA) is 79.3 Å². The minimum Gasteiger partial charge on any atom is -0.507 e. The number of aliphatic hydroxyl groups is 1. The minimum atomic E-state index is -0.724. The molecule has 3 rings (SSSR count). The van der Waals surface area contributed by atoms with Crippen LogP contribution in [0.2, 0.25) is 0 Å². The standard InChI is InChI=1S/C29H38N2O5/c1-6-30(7-2)17-10-18-31-26(22-15-16-23(35-8-3)24(19-22)36-9-4)25(28(33)29(31)34)27(32)21-13-11-20(5)12-14-21/h11-16,19,26,32H,6-10,17-18H2,1-5H3/b27-25+. The molecule has 1 fully saturated rings. The molecule has 0 aromatic heterocycles. The summed E-state index contributed by atoms with van der Waals surface area (Å²) in [4.78, 5) is 30.4. The molecule has 1 saturated heterocycles.